The van der Waals surface area contributed by atoms with E-state index in [0.717, 1.165) is 38.2 Å². The number of hydrazine groups is 1. The molecule has 3 heterocycles. The lowest BCUT2D eigenvalue weighted by atomic mass is 9.73. The first kappa shape index (κ1) is 21.7. The van der Waals surface area contributed by atoms with Gasteiger partial charge in [0.2, 0.25) is 0 Å². The van der Waals surface area contributed by atoms with Crippen LogP contribution in [0.5, 0.6) is 5.75 Å². The van der Waals surface area contributed by atoms with Gasteiger partial charge < -0.3 is 10.1 Å². The molecule has 172 valence electrons. The molecule has 4 atom stereocenters. The summed E-state index contributed by atoms with van der Waals surface area (Å²) in [5, 5.41) is 9.88. The highest BCUT2D eigenvalue weighted by atomic mass is 16.3. The van der Waals surface area contributed by atoms with Crippen LogP contribution >= 0.6 is 0 Å². The maximum atomic E-state index is 9.88. The van der Waals surface area contributed by atoms with Crippen LogP contribution in [0.25, 0.3) is 5.57 Å². The van der Waals surface area contributed by atoms with Crippen LogP contribution in [0.2, 0.25) is 0 Å². The second-order valence-electron chi connectivity index (χ2n) is 10.0. The van der Waals surface area contributed by atoms with E-state index in [9.17, 15) is 5.11 Å². The number of nitrogens with zero attached hydrogens (tertiary/aromatic N) is 2. The van der Waals surface area contributed by atoms with Crippen molar-refractivity contribution in [2.75, 3.05) is 13.1 Å². The largest absolute Gasteiger partial charge is 0.508 e. The van der Waals surface area contributed by atoms with Crippen molar-refractivity contribution in [2.24, 2.45) is 5.92 Å². The smallest absolute Gasteiger partial charge is 0.125 e. The van der Waals surface area contributed by atoms with Crippen molar-refractivity contribution < 1.29 is 5.11 Å². The number of hydrogen-bond acceptors (Lipinski definition) is 5. The van der Waals surface area contributed by atoms with Gasteiger partial charge in [0.15, 0.2) is 0 Å². The zero-order chi connectivity index (χ0) is 22.2. The van der Waals surface area contributed by atoms with Gasteiger partial charge in [-0.2, -0.15) is 0 Å². The standard InChI is InChI=1S/C26H37N5O/c1-4-17-12-20(32)8-10-21(17)18-7-9-22-23(13-18)29-30-25(22)26-27-14-24(28-26)19-6-5-11-31(15-19)16(2)3/h6,8,10,12,14,16,18,22-23,25,29-30,32H,4-5,7,9,11,13,15H2,1-3H3,(H,27,28). The highest BCUT2D eigenvalue weighted by Crippen LogP contribution is 2.44. The number of aromatic nitrogens is 2. The van der Waals surface area contributed by atoms with E-state index in [0.29, 0.717) is 29.7 Å². The lowest BCUT2D eigenvalue weighted by molar-refractivity contribution is 0.247. The van der Waals surface area contributed by atoms with Crippen molar-refractivity contribution >= 4 is 5.57 Å². The van der Waals surface area contributed by atoms with E-state index < -0.39 is 0 Å². The van der Waals surface area contributed by atoms with Crippen LogP contribution < -0.4 is 10.9 Å². The van der Waals surface area contributed by atoms with Gasteiger partial charge in [-0.05, 0) is 86.6 Å². The van der Waals surface area contributed by atoms with Crippen LogP contribution in [0.4, 0.5) is 0 Å². The minimum absolute atomic E-state index is 0.227. The van der Waals surface area contributed by atoms with Gasteiger partial charge in [-0.3, -0.25) is 10.3 Å². The Balaban J connectivity index is 1.28. The zero-order valence-corrected chi connectivity index (χ0v) is 19.6. The maximum absolute atomic E-state index is 9.88. The van der Waals surface area contributed by atoms with E-state index in [1.807, 2.05) is 18.3 Å². The molecule has 1 saturated carbocycles. The molecule has 1 aromatic carbocycles. The molecule has 32 heavy (non-hydrogen) atoms. The number of aryl methyl sites for hydroxylation is 1. The fourth-order valence-corrected chi connectivity index (χ4v) is 5.97. The molecular weight excluding hydrogens is 398 g/mol. The third kappa shape index (κ3) is 4.12. The minimum atomic E-state index is 0.227. The topological polar surface area (TPSA) is 76.2 Å². The Morgan fingerprint density at radius 1 is 1.22 bits per heavy atom. The first-order valence-electron chi connectivity index (χ1n) is 12.3. The highest BCUT2D eigenvalue weighted by Gasteiger charge is 2.42. The molecule has 0 bridgehead atoms. The Hall–Kier alpha value is -2.15. The lowest BCUT2D eigenvalue weighted by Gasteiger charge is -2.33. The van der Waals surface area contributed by atoms with Gasteiger partial charge in [-0.1, -0.05) is 19.1 Å². The van der Waals surface area contributed by atoms with Crippen molar-refractivity contribution in [3.8, 4) is 5.75 Å². The molecule has 4 N–H and O–H groups in total. The Morgan fingerprint density at radius 3 is 2.91 bits per heavy atom. The summed E-state index contributed by atoms with van der Waals surface area (Å²) >= 11 is 0. The second kappa shape index (κ2) is 9.00. The van der Waals surface area contributed by atoms with Gasteiger partial charge in [-0.25, -0.2) is 10.4 Å². The number of imidazole rings is 1. The Labute approximate surface area is 191 Å². The second-order valence-corrected chi connectivity index (χ2v) is 10.0. The maximum Gasteiger partial charge on any atom is 0.125 e. The number of nitrogens with one attached hydrogen (secondary N) is 3. The number of aromatic hydroxyl groups is 1. The summed E-state index contributed by atoms with van der Waals surface area (Å²) in [5.74, 6) is 2.51. The molecule has 0 spiro atoms. The van der Waals surface area contributed by atoms with Gasteiger partial charge in [0.05, 0.1) is 17.9 Å². The molecule has 2 aromatic rings. The molecule has 1 aliphatic carbocycles. The van der Waals surface area contributed by atoms with Crippen LogP contribution in [-0.4, -0.2) is 45.1 Å². The summed E-state index contributed by atoms with van der Waals surface area (Å²) in [5.41, 5.74) is 12.4. The molecule has 2 aliphatic heterocycles. The van der Waals surface area contributed by atoms with Crippen LogP contribution in [0.15, 0.2) is 30.5 Å². The first-order valence-corrected chi connectivity index (χ1v) is 12.3. The number of phenolic OH excluding ortho intramolecular Hbond substituents is 1. The summed E-state index contributed by atoms with van der Waals surface area (Å²) in [6.45, 7) is 8.85. The number of phenols is 1. The first-order chi connectivity index (χ1) is 15.5. The van der Waals surface area contributed by atoms with Crippen molar-refractivity contribution in [2.45, 2.75) is 76.9 Å². The van der Waals surface area contributed by atoms with E-state index in [1.165, 1.54) is 35.2 Å². The minimum Gasteiger partial charge on any atom is -0.508 e. The average Bonchev–Trinajstić information content (AvgIpc) is 3.45. The number of rotatable bonds is 5. The van der Waals surface area contributed by atoms with Crippen LogP contribution in [0.3, 0.4) is 0 Å². The van der Waals surface area contributed by atoms with Gasteiger partial charge in [0.1, 0.15) is 11.6 Å². The van der Waals surface area contributed by atoms with E-state index in [2.05, 4.69) is 53.6 Å². The van der Waals surface area contributed by atoms with E-state index in [-0.39, 0.29) is 6.04 Å². The van der Waals surface area contributed by atoms with Crippen molar-refractivity contribution in [1.82, 2.24) is 25.7 Å². The van der Waals surface area contributed by atoms with Gasteiger partial charge >= 0.3 is 0 Å². The molecular formula is C26H37N5O. The SMILES string of the molecule is CCc1cc(O)ccc1C1CCC2C(C1)NNC2c1ncc(C2=CCCN(C(C)C)C2)[nH]1. The number of H-pyrrole nitrogens is 1. The number of aromatic amines is 1. The predicted octanol–water partition coefficient (Wildman–Crippen LogP) is 4.28. The molecule has 5 rings (SSSR count). The molecule has 0 radical (unpaired) electrons. The van der Waals surface area contributed by atoms with Crippen molar-refractivity contribution in [3.63, 3.8) is 0 Å². The number of benzene rings is 1. The predicted molar refractivity (Wildman–Crippen MR) is 128 cm³/mol. The zero-order valence-electron chi connectivity index (χ0n) is 19.6. The molecule has 6 nitrogen and oxygen atoms in total. The van der Waals surface area contributed by atoms with Gasteiger partial charge in [0, 0.05) is 25.2 Å². The fourth-order valence-electron chi connectivity index (χ4n) is 5.97. The number of hydrogen-bond donors (Lipinski definition) is 4. The summed E-state index contributed by atoms with van der Waals surface area (Å²) in [6, 6.07) is 7.15. The van der Waals surface area contributed by atoms with Crippen molar-refractivity contribution in [1.29, 1.82) is 0 Å². The Morgan fingerprint density at radius 2 is 2.09 bits per heavy atom. The monoisotopic (exact) mass is 435 g/mol. The van der Waals surface area contributed by atoms with Gasteiger partial charge in [0.25, 0.3) is 0 Å². The molecule has 0 amide bonds. The highest BCUT2D eigenvalue weighted by molar-refractivity contribution is 5.64. The molecule has 4 unspecified atom stereocenters. The molecule has 1 saturated heterocycles. The summed E-state index contributed by atoms with van der Waals surface area (Å²) < 4.78 is 0. The van der Waals surface area contributed by atoms with E-state index in [1.54, 1.807) is 0 Å². The summed E-state index contributed by atoms with van der Waals surface area (Å²) in [6.07, 6.45) is 9.93. The molecule has 2 fully saturated rings. The summed E-state index contributed by atoms with van der Waals surface area (Å²) in [4.78, 5) is 11.0. The van der Waals surface area contributed by atoms with Crippen LogP contribution in [0.1, 0.15) is 81.1 Å². The third-order valence-electron chi connectivity index (χ3n) is 7.85. The van der Waals surface area contributed by atoms with Gasteiger partial charge in [-0.15, -0.1) is 0 Å². The quantitative estimate of drug-likeness (QED) is 0.564. The van der Waals surface area contributed by atoms with E-state index >= 15 is 0 Å². The Kier molecular flexibility index (Phi) is 6.10. The van der Waals surface area contributed by atoms with Crippen molar-refractivity contribution in [3.05, 3.63) is 53.1 Å². The summed E-state index contributed by atoms with van der Waals surface area (Å²) in [7, 11) is 0. The third-order valence-corrected chi connectivity index (χ3v) is 7.85. The molecule has 3 aliphatic rings. The van der Waals surface area contributed by atoms with E-state index in [4.69, 9.17) is 4.98 Å². The fraction of sp³-hybridized carbons (Fsp3) is 0.577. The van der Waals surface area contributed by atoms with Crippen LogP contribution in [-0.2, 0) is 6.42 Å². The average molecular weight is 436 g/mol. The lowest BCUT2D eigenvalue weighted by Crippen LogP contribution is -2.35. The molecule has 1 aromatic heterocycles. The Bertz CT molecular complexity index is 980. The number of fused-ring (bicyclic) bond motifs is 1. The normalized spacial score (nSPS) is 28.7. The molecule has 6 heteroatoms. The van der Waals surface area contributed by atoms with Crippen LogP contribution in [0, 0.1) is 5.92 Å².